The molecule has 21 heavy (non-hydrogen) atoms. The number of ether oxygens (including phenoxy) is 1. The SMILES string of the molecule is CCn1cc(COc2cccc(C)c2)c2c(Cl)cccc21. The molecule has 2 aromatic carbocycles. The van der Waals surface area contributed by atoms with Crippen LogP contribution in [-0.4, -0.2) is 4.57 Å². The van der Waals surface area contributed by atoms with Crippen LogP contribution in [-0.2, 0) is 13.2 Å². The van der Waals surface area contributed by atoms with Crippen LogP contribution >= 0.6 is 11.6 Å². The third-order valence-electron chi connectivity index (χ3n) is 3.66. The summed E-state index contributed by atoms with van der Waals surface area (Å²) in [5, 5.41) is 1.87. The van der Waals surface area contributed by atoms with Gasteiger partial charge in [0, 0.05) is 29.2 Å². The highest BCUT2D eigenvalue weighted by molar-refractivity contribution is 6.35. The lowest BCUT2D eigenvalue weighted by atomic mass is 10.2. The Morgan fingerprint density at radius 2 is 1.95 bits per heavy atom. The number of hydrogen-bond acceptors (Lipinski definition) is 1. The van der Waals surface area contributed by atoms with E-state index < -0.39 is 0 Å². The van der Waals surface area contributed by atoms with Gasteiger partial charge >= 0.3 is 0 Å². The van der Waals surface area contributed by atoms with Gasteiger partial charge in [0.05, 0.1) is 5.02 Å². The van der Waals surface area contributed by atoms with Gasteiger partial charge in [0.25, 0.3) is 0 Å². The first kappa shape index (κ1) is 14.0. The van der Waals surface area contributed by atoms with E-state index in [0.29, 0.717) is 6.61 Å². The first-order valence-corrected chi connectivity index (χ1v) is 7.52. The number of aromatic nitrogens is 1. The molecule has 3 rings (SSSR count). The second-order valence-corrected chi connectivity index (χ2v) is 5.59. The molecule has 0 N–H and O–H groups in total. The highest BCUT2D eigenvalue weighted by Gasteiger charge is 2.11. The molecule has 3 heteroatoms. The lowest BCUT2D eigenvalue weighted by molar-refractivity contribution is 0.307. The maximum Gasteiger partial charge on any atom is 0.120 e. The lowest BCUT2D eigenvalue weighted by Gasteiger charge is -2.06. The standard InChI is InChI=1S/C18H18ClNO/c1-3-20-11-14(18-16(19)8-5-9-17(18)20)12-21-15-7-4-6-13(2)10-15/h4-11H,3,12H2,1-2H3. The number of halogens is 1. The predicted octanol–water partition coefficient (Wildman–Crippen LogP) is 5.20. The van der Waals surface area contributed by atoms with Gasteiger partial charge in [0.2, 0.25) is 0 Å². The fraction of sp³-hybridized carbons (Fsp3) is 0.222. The summed E-state index contributed by atoms with van der Waals surface area (Å²) < 4.78 is 8.13. The number of nitrogens with zero attached hydrogens (tertiary/aromatic N) is 1. The minimum absolute atomic E-state index is 0.524. The molecule has 0 amide bonds. The van der Waals surface area contributed by atoms with Crippen molar-refractivity contribution in [2.24, 2.45) is 0 Å². The van der Waals surface area contributed by atoms with E-state index in [2.05, 4.69) is 36.7 Å². The molecule has 0 aliphatic heterocycles. The molecule has 1 heterocycles. The summed E-state index contributed by atoms with van der Waals surface area (Å²) >= 11 is 6.37. The number of benzene rings is 2. The van der Waals surface area contributed by atoms with Crippen molar-refractivity contribution in [2.75, 3.05) is 0 Å². The predicted molar refractivity (Wildman–Crippen MR) is 88.1 cm³/mol. The van der Waals surface area contributed by atoms with E-state index in [1.54, 1.807) is 0 Å². The van der Waals surface area contributed by atoms with Crippen LogP contribution in [0.25, 0.3) is 10.9 Å². The summed E-state index contributed by atoms with van der Waals surface area (Å²) in [6, 6.07) is 14.1. The molecule has 2 nitrogen and oxygen atoms in total. The minimum Gasteiger partial charge on any atom is -0.489 e. The molecular formula is C18H18ClNO. The first-order chi connectivity index (χ1) is 10.2. The molecule has 0 saturated heterocycles. The topological polar surface area (TPSA) is 14.2 Å². The van der Waals surface area contributed by atoms with Crippen molar-refractivity contribution in [1.29, 1.82) is 0 Å². The zero-order valence-electron chi connectivity index (χ0n) is 12.3. The monoisotopic (exact) mass is 299 g/mol. The quantitative estimate of drug-likeness (QED) is 0.645. The van der Waals surface area contributed by atoms with E-state index in [1.807, 2.05) is 30.3 Å². The summed E-state index contributed by atoms with van der Waals surface area (Å²) in [4.78, 5) is 0. The Labute approximate surface area is 129 Å². The van der Waals surface area contributed by atoms with Gasteiger partial charge in [-0.2, -0.15) is 0 Å². The Hall–Kier alpha value is -1.93. The molecule has 0 radical (unpaired) electrons. The number of hydrogen-bond donors (Lipinski definition) is 0. The molecule has 0 saturated carbocycles. The number of rotatable bonds is 4. The van der Waals surface area contributed by atoms with Gasteiger partial charge in [-0.3, -0.25) is 0 Å². The van der Waals surface area contributed by atoms with E-state index in [-0.39, 0.29) is 0 Å². The molecular weight excluding hydrogens is 282 g/mol. The van der Waals surface area contributed by atoms with Crippen molar-refractivity contribution in [2.45, 2.75) is 27.0 Å². The van der Waals surface area contributed by atoms with Gasteiger partial charge in [-0.25, -0.2) is 0 Å². The van der Waals surface area contributed by atoms with E-state index >= 15 is 0 Å². The summed E-state index contributed by atoms with van der Waals surface area (Å²) in [6.07, 6.45) is 2.13. The zero-order chi connectivity index (χ0) is 14.8. The van der Waals surface area contributed by atoms with E-state index in [0.717, 1.165) is 33.8 Å². The van der Waals surface area contributed by atoms with E-state index in [4.69, 9.17) is 16.3 Å². The van der Waals surface area contributed by atoms with Crippen LogP contribution in [0.3, 0.4) is 0 Å². The molecule has 3 aromatic rings. The van der Waals surface area contributed by atoms with Crippen LogP contribution in [0.5, 0.6) is 5.75 Å². The van der Waals surface area contributed by atoms with Gasteiger partial charge in [-0.1, -0.05) is 29.8 Å². The summed E-state index contributed by atoms with van der Waals surface area (Å²) in [6.45, 7) is 5.64. The molecule has 0 atom stereocenters. The molecule has 0 unspecified atom stereocenters. The second kappa shape index (κ2) is 5.82. The van der Waals surface area contributed by atoms with E-state index in [1.165, 1.54) is 5.56 Å². The van der Waals surface area contributed by atoms with Gasteiger partial charge in [-0.05, 0) is 43.7 Å². The molecule has 0 aliphatic rings. The van der Waals surface area contributed by atoms with Crippen LogP contribution in [0.4, 0.5) is 0 Å². The molecule has 0 fully saturated rings. The average molecular weight is 300 g/mol. The van der Waals surface area contributed by atoms with Crippen molar-refractivity contribution in [3.63, 3.8) is 0 Å². The van der Waals surface area contributed by atoms with Crippen molar-refractivity contribution in [3.05, 3.63) is 64.8 Å². The van der Waals surface area contributed by atoms with Crippen LogP contribution < -0.4 is 4.74 Å². The van der Waals surface area contributed by atoms with Crippen molar-refractivity contribution in [1.82, 2.24) is 4.57 Å². The van der Waals surface area contributed by atoms with E-state index in [9.17, 15) is 0 Å². The highest BCUT2D eigenvalue weighted by Crippen LogP contribution is 2.29. The molecule has 0 aliphatic carbocycles. The summed E-state index contributed by atoms with van der Waals surface area (Å²) in [7, 11) is 0. The van der Waals surface area contributed by atoms with Gasteiger partial charge in [0.1, 0.15) is 12.4 Å². The summed E-state index contributed by atoms with van der Waals surface area (Å²) in [5.41, 5.74) is 3.48. The van der Waals surface area contributed by atoms with Gasteiger partial charge in [-0.15, -0.1) is 0 Å². The fourth-order valence-electron chi connectivity index (χ4n) is 2.63. The van der Waals surface area contributed by atoms with Gasteiger partial charge in [0.15, 0.2) is 0 Å². The highest BCUT2D eigenvalue weighted by atomic mass is 35.5. The lowest BCUT2D eigenvalue weighted by Crippen LogP contribution is -1.95. The Morgan fingerprint density at radius 3 is 2.71 bits per heavy atom. The van der Waals surface area contributed by atoms with Crippen LogP contribution in [0.2, 0.25) is 5.02 Å². The Morgan fingerprint density at radius 1 is 1.14 bits per heavy atom. The zero-order valence-corrected chi connectivity index (χ0v) is 13.0. The first-order valence-electron chi connectivity index (χ1n) is 7.14. The molecule has 1 aromatic heterocycles. The van der Waals surface area contributed by atoms with Crippen LogP contribution in [0.1, 0.15) is 18.1 Å². The van der Waals surface area contributed by atoms with Crippen LogP contribution in [0, 0.1) is 6.92 Å². The number of fused-ring (bicyclic) bond motifs is 1. The second-order valence-electron chi connectivity index (χ2n) is 5.18. The smallest absolute Gasteiger partial charge is 0.120 e. The fourth-order valence-corrected chi connectivity index (χ4v) is 2.92. The number of aryl methyl sites for hydroxylation is 2. The average Bonchev–Trinajstić information content (AvgIpc) is 2.85. The van der Waals surface area contributed by atoms with Crippen molar-refractivity contribution >= 4 is 22.5 Å². The Balaban J connectivity index is 1.94. The molecule has 0 bridgehead atoms. The normalized spacial score (nSPS) is 11.0. The summed E-state index contributed by atoms with van der Waals surface area (Å²) in [5.74, 6) is 0.888. The minimum atomic E-state index is 0.524. The molecule has 108 valence electrons. The largest absolute Gasteiger partial charge is 0.489 e. The van der Waals surface area contributed by atoms with Crippen molar-refractivity contribution in [3.8, 4) is 5.75 Å². The maximum absolute atomic E-state index is 6.37. The third-order valence-corrected chi connectivity index (χ3v) is 3.97. The Kier molecular flexibility index (Phi) is 3.89. The van der Waals surface area contributed by atoms with Crippen molar-refractivity contribution < 1.29 is 4.74 Å². The maximum atomic E-state index is 6.37. The Bertz CT molecular complexity index is 776. The molecule has 0 spiro atoms. The van der Waals surface area contributed by atoms with Gasteiger partial charge < -0.3 is 9.30 Å². The van der Waals surface area contributed by atoms with Crippen LogP contribution in [0.15, 0.2) is 48.7 Å². The third kappa shape index (κ3) is 2.77.